The molecule has 8 nitrogen and oxygen atoms in total. The minimum absolute atomic E-state index is 0.0173. The largest absolute Gasteiger partial charge is 0.458 e. The molecule has 1 aliphatic heterocycles. The van der Waals surface area contributed by atoms with Crippen molar-refractivity contribution in [2.75, 3.05) is 6.61 Å². The van der Waals surface area contributed by atoms with Gasteiger partial charge in [0.15, 0.2) is 0 Å². The molecule has 2 aromatic carbocycles. The van der Waals surface area contributed by atoms with Gasteiger partial charge in [0.2, 0.25) is 0 Å². The zero-order valence-corrected chi connectivity index (χ0v) is 24.4. The van der Waals surface area contributed by atoms with Crippen molar-refractivity contribution in [2.45, 2.75) is 70.4 Å². The molecule has 0 saturated heterocycles. The number of ether oxygens (including phenoxy) is 3. The van der Waals surface area contributed by atoms with Crippen LogP contribution in [-0.4, -0.2) is 58.1 Å². The van der Waals surface area contributed by atoms with Gasteiger partial charge in [-0.05, 0) is 62.4 Å². The summed E-state index contributed by atoms with van der Waals surface area (Å²) >= 11 is 0. The summed E-state index contributed by atoms with van der Waals surface area (Å²) in [4.78, 5) is 38.1. The Morgan fingerprint density at radius 2 is 1.40 bits per heavy atom. The van der Waals surface area contributed by atoms with Gasteiger partial charge in [-0.1, -0.05) is 62.4 Å². The van der Waals surface area contributed by atoms with Gasteiger partial charge in [-0.3, -0.25) is 0 Å². The molecule has 0 amide bonds. The zero-order chi connectivity index (χ0) is 30.3. The maximum absolute atomic E-state index is 13.3. The fraction of sp³-hybridized carbons (Fsp3) is 0.441. The van der Waals surface area contributed by atoms with Crippen molar-refractivity contribution in [3.05, 3.63) is 95.6 Å². The van der Waals surface area contributed by atoms with Crippen LogP contribution >= 0.6 is 0 Å². The highest BCUT2D eigenvalue weighted by Crippen LogP contribution is 2.65. The van der Waals surface area contributed by atoms with Crippen LogP contribution in [0.25, 0.3) is 0 Å². The highest BCUT2D eigenvalue weighted by atomic mass is 16.6. The van der Waals surface area contributed by atoms with Gasteiger partial charge in [-0.25, -0.2) is 14.4 Å². The van der Waals surface area contributed by atoms with Gasteiger partial charge >= 0.3 is 17.9 Å². The van der Waals surface area contributed by atoms with Gasteiger partial charge in [0, 0.05) is 23.3 Å². The van der Waals surface area contributed by atoms with Crippen molar-refractivity contribution in [3.63, 3.8) is 0 Å². The number of benzene rings is 2. The fourth-order valence-corrected chi connectivity index (χ4v) is 7.18. The first-order valence-electron chi connectivity index (χ1n) is 14.3. The second-order valence-electron chi connectivity index (χ2n) is 12.5. The molecule has 7 atom stereocenters. The van der Waals surface area contributed by atoms with Crippen molar-refractivity contribution in [1.29, 1.82) is 0 Å². The summed E-state index contributed by atoms with van der Waals surface area (Å²) in [6.45, 7) is 7.25. The molecule has 0 aromatic heterocycles. The van der Waals surface area contributed by atoms with Crippen molar-refractivity contribution < 1.29 is 38.8 Å². The summed E-state index contributed by atoms with van der Waals surface area (Å²) in [5.74, 6) is -1.96. The van der Waals surface area contributed by atoms with Crippen molar-refractivity contribution in [3.8, 4) is 0 Å². The third-order valence-corrected chi connectivity index (χ3v) is 10.1. The number of rotatable bonds is 6. The molecule has 2 saturated carbocycles. The quantitative estimate of drug-likeness (QED) is 0.373. The summed E-state index contributed by atoms with van der Waals surface area (Å²) in [5.41, 5.74) is -3.72. The average molecular weight is 575 g/mol. The van der Waals surface area contributed by atoms with Gasteiger partial charge in [-0.15, -0.1) is 0 Å². The van der Waals surface area contributed by atoms with E-state index in [1.54, 1.807) is 80.6 Å². The third-order valence-electron chi connectivity index (χ3n) is 10.1. The van der Waals surface area contributed by atoms with E-state index < -0.39 is 58.1 Å². The number of hydrogen-bond acceptors (Lipinski definition) is 8. The minimum Gasteiger partial charge on any atom is -0.458 e. The smallest absolute Gasteiger partial charge is 0.338 e. The van der Waals surface area contributed by atoms with E-state index in [2.05, 4.69) is 0 Å². The topological polar surface area (TPSA) is 119 Å². The first kappa shape index (κ1) is 29.7. The van der Waals surface area contributed by atoms with E-state index in [0.29, 0.717) is 29.5 Å². The molecule has 2 fully saturated rings. The molecule has 42 heavy (non-hydrogen) atoms. The van der Waals surface area contributed by atoms with Crippen LogP contribution in [0.2, 0.25) is 0 Å². The number of hydrogen-bond donors (Lipinski definition) is 2. The second-order valence-corrected chi connectivity index (χ2v) is 12.5. The van der Waals surface area contributed by atoms with Crippen LogP contribution in [0.3, 0.4) is 0 Å². The lowest BCUT2D eigenvalue weighted by atomic mass is 9.41. The first-order chi connectivity index (χ1) is 19.8. The van der Waals surface area contributed by atoms with E-state index in [1.807, 2.05) is 19.9 Å². The molecule has 3 aliphatic rings. The molecule has 0 unspecified atom stereocenters. The van der Waals surface area contributed by atoms with Crippen LogP contribution in [0.1, 0.15) is 67.7 Å². The monoisotopic (exact) mass is 574 g/mol. The summed E-state index contributed by atoms with van der Waals surface area (Å²) in [6, 6.07) is 17.2. The Balaban J connectivity index is 1.55. The van der Waals surface area contributed by atoms with E-state index in [9.17, 15) is 24.6 Å². The van der Waals surface area contributed by atoms with Crippen LogP contribution in [0, 0.1) is 16.7 Å². The maximum Gasteiger partial charge on any atom is 0.338 e. The molecule has 0 spiro atoms. The molecule has 222 valence electrons. The normalized spacial score (nSPS) is 36.1. The van der Waals surface area contributed by atoms with Gasteiger partial charge in [0.1, 0.15) is 24.4 Å². The second kappa shape index (κ2) is 10.8. The zero-order valence-electron chi connectivity index (χ0n) is 24.4. The summed E-state index contributed by atoms with van der Waals surface area (Å²) < 4.78 is 17.1. The molecular weight excluding hydrogens is 536 g/mol. The molecule has 1 heterocycles. The maximum atomic E-state index is 13.3. The number of esters is 3. The average Bonchev–Trinajstić information content (AvgIpc) is 3.39. The highest BCUT2D eigenvalue weighted by molar-refractivity contribution is 5.90. The van der Waals surface area contributed by atoms with E-state index in [4.69, 9.17) is 14.2 Å². The molecular formula is C34H38O8. The Morgan fingerprint density at radius 1 is 0.857 bits per heavy atom. The Kier molecular flexibility index (Phi) is 7.66. The fourth-order valence-electron chi connectivity index (χ4n) is 7.18. The number of aliphatic hydroxyl groups is 2. The predicted molar refractivity (Wildman–Crippen MR) is 154 cm³/mol. The van der Waals surface area contributed by atoms with Gasteiger partial charge in [0.25, 0.3) is 0 Å². The number of carbonyl (C=O) groups excluding carboxylic acids is 3. The van der Waals surface area contributed by atoms with Crippen LogP contribution < -0.4 is 0 Å². The molecule has 0 radical (unpaired) electrons. The summed E-state index contributed by atoms with van der Waals surface area (Å²) in [6.07, 6.45) is 4.07. The van der Waals surface area contributed by atoms with E-state index in [0.717, 1.165) is 0 Å². The molecule has 5 rings (SSSR count). The SMILES string of the molecule is C[C@@]12[C@@H](OC(=O)c3ccccc3)C[C@](C)(O)[C@](C)(/C=C/C3=CC(=O)OC3)[C@H]1CC[C@@H](OC(=O)c1ccccc1)[C@]2(C)O. The predicted octanol–water partition coefficient (Wildman–Crippen LogP) is 4.81. The van der Waals surface area contributed by atoms with E-state index >= 15 is 0 Å². The van der Waals surface area contributed by atoms with Crippen molar-refractivity contribution >= 4 is 17.9 Å². The Bertz CT molecular complexity index is 1410. The third kappa shape index (κ3) is 4.96. The van der Waals surface area contributed by atoms with Crippen LogP contribution in [0.15, 0.2) is 84.5 Å². The standard InChI is InChI=1S/C34H38O8/c1-31(18-17-22-19-28(35)40-21-22)25-15-16-26(41-29(36)23-11-7-5-8-12-23)34(4,39)33(25,3)27(20-32(31,2)38)42-30(37)24-13-9-6-10-14-24/h5-14,17-19,25-27,38-39H,15-16,20-21H2,1-4H3/b18-17+/t25-,26-,27+,31-,32+,33+,34+/m1/s1. The molecule has 0 bridgehead atoms. The molecule has 2 aromatic rings. The van der Waals surface area contributed by atoms with Gasteiger partial charge in [0.05, 0.1) is 16.7 Å². The first-order valence-corrected chi connectivity index (χ1v) is 14.3. The molecule has 8 heteroatoms. The van der Waals surface area contributed by atoms with Crippen LogP contribution in [0.5, 0.6) is 0 Å². The lowest BCUT2D eigenvalue weighted by Gasteiger charge is -2.67. The number of fused-ring (bicyclic) bond motifs is 1. The van der Waals surface area contributed by atoms with Crippen LogP contribution in [0.4, 0.5) is 0 Å². The van der Waals surface area contributed by atoms with Gasteiger partial charge < -0.3 is 24.4 Å². The minimum atomic E-state index is -1.65. The van der Waals surface area contributed by atoms with E-state index in [1.165, 1.54) is 6.08 Å². The lowest BCUT2D eigenvalue weighted by Crippen LogP contribution is -2.74. The Hall–Kier alpha value is -3.75. The highest BCUT2D eigenvalue weighted by Gasteiger charge is 2.71. The Morgan fingerprint density at radius 3 is 1.93 bits per heavy atom. The van der Waals surface area contributed by atoms with Crippen LogP contribution in [-0.2, 0) is 19.0 Å². The molecule has 2 aliphatic carbocycles. The number of carbonyl (C=O) groups is 3. The summed E-state index contributed by atoms with van der Waals surface area (Å²) in [5, 5.41) is 24.4. The molecule has 2 N–H and O–H groups in total. The number of cyclic esters (lactones) is 1. The van der Waals surface area contributed by atoms with E-state index in [-0.39, 0.29) is 13.0 Å². The van der Waals surface area contributed by atoms with Crippen molar-refractivity contribution in [2.24, 2.45) is 16.7 Å². The Labute approximate surface area is 246 Å². The van der Waals surface area contributed by atoms with Gasteiger partial charge in [-0.2, -0.15) is 0 Å². The summed E-state index contributed by atoms with van der Waals surface area (Å²) in [7, 11) is 0. The van der Waals surface area contributed by atoms with Crippen molar-refractivity contribution in [1.82, 2.24) is 0 Å². The lowest BCUT2D eigenvalue weighted by molar-refractivity contribution is -0.288.